The molecule has 6 heteroatoms. The summed E-state index contributed by atoms with van der Waals surface area (Å²) >= 11 is 0. The highest BCUT2D eigenvalue weighted by Gasteiger charge is 2.42. The third kappa shape index (κ3) is 5.36. The Morgan fingerprint density at radius 2 is 1.33 bits per heavy atom. The van der Waals surface area contributed by atoms with Crippen molar-refractivity contribution < 1.29 is 26.7 Å². The molecule has 2 aliphatic carbocycles. The Morgan fingerprint density at radius 1 is 0.758 bits per heavy atom. The lowest BCUT2D eigenvalue weighted by Gasteiger charge is -2.37. The fraction of sp³-hybridized carbons (Fsp3) is 0.481. The predicted molar refractivity (Wildman–Crippen MR) is 117 cm³/mol. The molecule has 4 rings (SSSR count). The Hall–Kier alpha value is -2.11. The van der Waals surface area contributed by atoms with Gasteiger partial charge < -0.3 is 4.74 Å². The summed E-state index contributed by atoms with van der Waals surface area (Å²) in [5.41, 5.74) is -0.806. The summed E-state index contributed by atoms with van der Waals surface area (Å²) in [5.74, 6) is -0.281. The summed E-state index contributed by atoms with van der Waals surface area (Å²) in [4.78, 5) is 0. The lowest BCUT2D eigenvalue weighted by atomic mass is 9.68. The number of halogens is 5. The Kier molecular flexibility index (Phi) is 7.01. The number of rotatable bonds is 5. The van der Waals surface area contributed by atoms with Crippen LogP contribution in [0.2, 0.25) is 0 Å². The van der Waals surface area contributed by atoms with Gasteiger partial charge in [-0.05, 0) is 111 Å². The second-order valence-electron chi connectivity index (χ2n) is 9.55. The molecule has 0 N–H and O–H groups in total. The number of ether oxygens (including phenoxy) is 1. The van der Waals surface area contributed by atoms with Crippen molar-refractivity contribution in [2.75, 3.05) is 0 Å². The van der Waals surface area contributed by atoms with Gasteiger partial charge in [0.15, 0.2) is 0 Å². The summed E-state index contributed by atoms with van der Waals surface area (Å²) in [6, 6.07) is 5.17. The van der Waals surface area contributed by atoms with Gasteiger partial charge >= 0.3 is 6.11 Å². The molecule has 2 fully saturated rings. The molecule has 0 amide bonds. The molecule has 0 spiro atoms. The van der Waals surface area contributed by atoms with E-state index >= 15 is 0 Å². The Morgan fingerprint density at radius 3 is 1.91 bits per heavy atom. The van der Waals surface area contributed by atoms with Crippen molar-refractivity contribution >= 4 is 0 Å². The first-order valence-electron chi connectivity index (χ1n) is 11.6. The number of benzene rings is 2. The molecule has 178 valence electrons. The van der Waals surface area contributed by atoms with Gasteiger partial charge in [-0.15, -0.1) is 0 Å². The standard InChI is InChI=1S/C27H29F5O/c1-16-3-6-18(7-4-16)19-8-10-20(11-9-19)21-13-24(29)26(25(30)14-21)27(31,32)33-22-12-5-17(2)23(28)15-22/h5,12-15,18,20H,3-4,6-11H2,1-2H3. The van der Waals surface area contributed by atoms with E-state index < -0.39 is 34.9 Å². The molecule has 2 aromatic carbocycles. The van der Waals surface area contributed by atoms with Gasteiger partial charge in [-0.2, -0.15) is 8.78 Å². The third-order valence-corrected chi connectivity index (χ3v) is 7.26. The van der Waals surface area contributed by atoms with E-state index in [2.05, 4.69) is 11.7 Å². The van der Waals surface area contributed by atoms with E-state index in [0.717, 1.165) is 49.9 Å². The molecular formula is C27H29F5O. The monoisotopic (exact) mass is 464 g/mol. The van der Waals surface area contributed by atoms with Gasteiger partial charge in [-0.25, -0.2) is 13.2 Å². The minimum Gasteiger partial charge on any atom is -0.429 e. The van der Waals surface area contributed by atoms with E-state index in [-0.39, 0.29) is 11.5 Å². The van der Waals surface area contributed by atoms with Crippen LogP contribution < -0.4 is 4.74 Å². The molecule has 2 saturated carbocycles. The van der Waals surface area contributed by atoms with Gasteiger partial charge in [0.2, 0.25) is 0 Å². The van der Waals surface area contributed by atoms with Gasteiger partial charge in [0.1, 0.15) is 28.8 Å². The molecule has 0 heterocycles. The lowest BCUT2D eigenvalue weighted by Crippen LogP contribution is -2.26. The van der Waals surface area contributed by atoms with Gasteiger partial charge in [-0.3, -0.25) is 0 Å². The average molecular weight is 465 g/mol. The molecule has 0 aromatic heterocycles. The molecule has 0 saturated heterocycles. The summed E-state index contributed by atoms with van der Waals surface area (Å²) in [6.45, 7) is 3.67. The van der Waals surface area contributed by atoms with E-state index in [1.165, 1.54) is 38.7 Å². The maximum Gasteiger partial charge on any atom is 0.432 e. The summed E-state index contributed by atoms with van der Waals surface area (Å²) in [5, 5.41) is 0. The van der Waals surface area contributed by atoms with E-state index in [1.54, 1.807) is 11.8 Å². The van der Waals surface area contributed by atoms with Crippen LogP contribution in [0, 0.1) is 42.1 Å². The van der Waals surface area contributed by atoms with Crippen LogP contribution in [0.5, 0.6) is 5.75 Å². The molecule has 0 atom stereocenters. The van der Waals surface area contributed by atoms with Crippen LogP contribution in [-0.4, -0.2) is 0 Å². The van der Waals surface area contributed by atoms with Crippen molar-refractivity contribution in [2.24, 2.45) is 5.92 Å². The van der Waals surface area contributed by atoms with Gasteiger partial charge in [-0.1, -0.05) is 13.0 Å². The van der Waals surface area contributed by atoms with Crippen molar-refractivity contribution in [1.29, 1.82) is 0 Å². The van der Waals surface area contributed by atoms with E-state index in [1.807, 2.05) is 0 Å². The molecular weight excluding hydrogens is 435 g/mol. The highest BCUT2D eigenvalue weighted by atomic mass is 19.3. The Balaban J connectivity index is 1.45. The summed E-state index contributed by atoms with van der Waals surface area (Å²) < 4.78 is 76.9. The van der Waals surface area contributed by atoms with E-state index in [0.29, 0.717) is 11.5 Å². The third-order valence-electron chi connectivity index (χ3n) is 7.26. The first-order chi connectivity index (χ1) is 15.6. The van der Waals surface area contributed by atoms with Gasteiger partial charge in [0.25, 0.3) is 0 Å². The zero-order valence-corrected chi connectivity index (χ0v) is 19.0. The highest BCUT2D eigenvalue weighted by Crippen LogP contribution is 2.46. The minimum absolute atomic E-state index is 0.0653. The molecule has 2 aliphatic rings. The predicted octanol–water partition coefficient (Wildman–Crippen LogP) is 8.56. The lowest BCUT2D eigenvalue weighted by molar-refractivity contribution is -0.189. The molecule has 0 aliphatic heterocycles. The number of hydrogen-bond donors (Lipinski definition) is 0. The number of alkyl halides is 2. The number of aryl methyl sites for hydroxylation is 1. The van der Waals surface area contributed by atoms with Crippen molar-refractivity contribution in [3.8, 4) is 5.75 Å². The topological polar surface area (TPSA) is 9.23 Å². The smallest absolute Gasteiger partial charge is 0.429 e. The summed E-state index contributed by atoms with van der Waals surface area (Å²) in [6.07, 6.45) is 3.79. The first-order valence-corrected chi connectivity index (χ1v) is 11.6. The SMILES string of the molecule is C[C]1CCC([C]2CCC(c3cc(F)c(C(F)(F)Oc4ccc(C)c(F)c4)c(F)c3)CC2)CC1. The van der Waals surface area contributed by atoms with E-state index in [9.17, 15) is 22.0 Å². The van der Waals surface area contributed by atoms with Crippen molar-refractivity contribution in [3.05, 3.63) is 76.3 Å². The molecule has 2 aromatic rings. The zero-order chi connectivity index (χ0) is 23.8. The highest BCUT2D eigenvalue weighted by molar-refractivity contribution is 5.33. The molecule has 0 unspecified atom stereocenters. The van der Waals surface area contributed by atoms with Crippen LogP contribution in [-0.2, 0) is 6.11 Å². The average Bonchev–Trinajstić information content (AvgIpc) is 2.76. The maximum absolute atomic E-state index is 14.7. The quantitative estimate of drug-likeness (QED) is 0.403. The van der Waals surface area contributed by atoms with Crippen molar-refractivity contribution in [1.82, 2.24) is 0 Å². The van der Waals surface area contributed by atoms with Crippen LogP contribution in [0.4, 0.5) is 22.0 Å². The Bertz CT molecular complexity index is 949. The second-order valence-corrected chi connectivity index (χ2v) is 9.55. The Labute approximate surface area is 192 Å². The largest absolute Gasteiger partial charge is 0.432 e. The van der Waals surface area contributed by atoms with Gasteiger partial charge in [0.05, 0.1) is 0 Å². The normalized spacial score (nSPS) is 19.7. The second kappa shape index (κ2) is 9.63. The summed E-state index contributed by atoms with van der Waals surface area (Å²) in [7, 11) is 0. The molecule has 33 heavy (non-hydrogen) atoms. The van der Waals surface area contributed by atoms with Crippen LogP contribution in [0.3, 0.4) is 0 Å². The van der Waals surface area contributed by atoms with Crippen molar-refractivity contribution in [3.63, 3.8) is 0 Å². The van der Waals surface area contributed by atoms with Crippen LogP contribution in [0.15, 0.2) is 30.3 Å². The first kappa shape index (κ1) is 24.0. The zero-order valence-electron chi connectivity index (χ0n) is 19.0. The van der Waals surface area contributed by atoms with Crippen LogP contribution in [0.1, 0.15) is 80.9 Å². The van der Waals surface area contributed by atoms with Crippen LogP contribution >= 0.6 is 0 Å². The molecule has 2 radical (unpaired) electrons. The molecule has 1 nitrogen and oxygen atoms in total. The fourth-order valence-corrected chi connectivity index (χ4v) is 5.19. The van der Waals surface area contributed by atoms with E-state index in [4.69, 9.17) is 0 Å². The van der Waals surface area contributed by atoms with Gasteiger partial charge in [0, 0.05) is 6.07 Å². The van der Waals surface area contributed by atoms with Crippen LogP contribution in [0.25, 0.3) is 0 Å². The fourth-order valence-electron chi connectivity index (χ4n) is 5.19. The number of hydrogen-bond acceptors (Lipinski definition) is 1. The minimum atomic E-state index is -4.28. The molecule has 0 bridgehead atoms. The van der Waals surface area contributed by atoms with Crippen molar-refractivity contribution in [2.45, 2.75) is 77.2 Å². The maximum atomic E-state index is 14.7.